The summed E-state index contributed by atoms with van der Waals surface area (Å²) in [6.07, 6.45) is 0. The lowest BCUT2D eigenvalue weighted by Gasteiger charge is -2.36. The van der Waals surface area contributed by atoms with Crippen molar-refractivity contribution in [2.45, 2.75) is 17.5 Å². The molecule has 32 heavy (non-hydrogen) atoms. The van der Waals surface area contributed by atoms with Crippen molar-refractivity contribution >= 4 is 29.1 Å². The summed E-state index contributed by atoms with van der Waals surface area (Å²) >= 11 is 1.76. The molecular weight excluding hydrogens is 423 g/mol. The summed E-state index contributed by atoms with van der Waals surface area (Å²) in [7, 11) is 0. The van der Waals surface area contributed by atoms with Crippen molar-refractivity contribution in [3.63, 3.8) is 0 Å². The minimum absolute atomic E-state index is 0.0000274. The van der Waals surface area contributed by atoms with Crippen LogP contribution >= 0.6 is 11.8 Å². The lowest BCUT2D eigenvalue weighted by molar-refractivity contribution is -0.127. The number of hydrogen-bond donors (Lipinski definition) is 1. The van der Waals surface area contributed by atoms with E-state index in [9.17, 15) is 14.0 Å². The number of nitrogens with one attached hydrogen (secondary N) is 1. The SMILES string of the molecule is O=C(c1ccccc1)[C@@H]1[C@H](c2ccccc2)[C@H]2CSCN2[C@@]12C(=O)Nc1ccc(F)cc12. The van der Waals surface area contributed by atoms with Gasteiger partial charge in [-0.3, -0.25) is 14.5 Å². The second-order valence-corrected chi connectivity index (χ2v) is 9.59. The zero-order valence-corrected chi connectivity index (χ0v) is 18.0. The molecule has 4 nitrogen and oxygen atoms in total. The van der Waals surface area contributed by atoms with Gasteiger partial charge in [-0.1, -0.05) is 60.7 Å². The summed E-state index contributed by atoms with van der Waals surface area (Å²) in [6.45, 7) is 0. The van der Waals surface area contributed by atoms with E-state index >= 15 is 0 Å². The third-order valence-electron chi connectivity index (χ3n) is 7.11. The Balaban J connectivity index is 1.63. The van der Waals surface area contributed by atoms with Gasteiger partial charge in [0.15, 0.2) is 5.78 Å². The summed E-state index contributed by atoms with van der Waals surface area (Å²) in [5.41, 5.74) is 1.53. The number of anilines is 1. The molecule has 3 aliphatic heterocycles. The lowest BCUT2D eigenvalue weighted by atomic mass is 9.69. The van der Waals surface area contributed by atoms with Crippen molar-refractivity contribution in [1.29, 1.82) is 0 Å². The van der Waals surface area contributed by atoms with Gasteiger partial charge in [0.25, 0.3) is 0 Å². The highest BCUT2D eigenvalue weighted by Crippen LogP contribution is 2.61. The van der Waals surface area contributed by atoms with Gasteiger partial charge in [0.2, 0.25) is 5.91 Å². The van der Waals surface area contributed by atoms with Crippen molar-refractivity contribution in [2.75, 3.05) is 16.9 Å². The molecule has 3 aromatic carbocycles. The van der Waals surface area contributed by atoms with Crippen LogP contribution in [0.1, 0.15) is 27.4 Å². The van der Waals surface area contributed by atoms with Crippen LogP contribution in [0, 0.1) is 11.7 Å². The molecule has 1 amide bonds. The molecule has 2 saturated heterocycles. The first-order valence-electron chi connectivity index (χ1n) is 10.7. The van der Waals surface area contributed by atoms with Crippen LogP contribution in [0.25, 0.3) is 0 Å². The molecule has 0 unspecified atom stereocenters. The van der Waals surface area contributed by atoms with E-state index in [0.29, 0.717) is 22.7 Å². The molecule has 4 atom stereocenters. The van der Waals surface area contributed by atoms with Gasteiger partial charge in [-0.25, -0.2) is 4.39 Å². The molecule has 3 heterocycles. The Morgan fingerprint density at radius 2 is 1.75 bits per heavy atom. The molecule has 0 radical (unpaired) electrons. The van der Waals surface area contributed by atoms with Gasteiger partial charge in [-0.15, -0.1) is 11.8 Å². The monoisotopic (exact) mass is 444 g/mol. The van der Waals surface area contributed by atoms with Crippen molar-refractivity contribution in [2.24, 2.45) is 5.92 Å². The predicted octanol–water partition coefficient (Wildman–Crippen LogP) is 4.64. The average molecular weight is 445 g/mol. The van der Waals surface area contributed by atoms with E-state index in [1.807, 2.05) is 48.5 Å². The van der Waals surface area contributed by atoms with Crippen molar-refractivity contribution in [3.05, 3.63) is 101 Å². The number of halogens is 1. The largest absolute Gasteiger partial charge is 0.324 e. The number of thioether (sulfide) groups is 1. The standard InChI is InChI=1S/C26H21FN2O2S/c27-18-11-12-20-19(13-18)26(25(31)28-20)23(24(30)17-9-5-2-6-10-17)22(16-7-3-1-4-8-16)21-14-32-15-29(21)26/h1-13,21-23H,14-15H2,(H,28,31)/t21-,22-,23+,26-/m1/s1. The molecule has 1 spiro atoms. The molecule has 3 aromatic rings. The van der Waals surface area contributed by atoms with Crippen LogP contribution in [0.5, 0.6) is 0 Å². The summed E-state index contributed by atoms with van der Waals surface area (Å²) in [4.78, 5) is 30.1. The molecular formula is C26H21FN2O2S. The summed E-state index contributed by atoms with van der Waals surface area (Å²) in [5.74, 6) is -0.130. The zero-order chi connectivity index (χ0) is 21.9. The number of fused-ring (bicyclic) bond motifs is 4. The molecule has 0 aromatic heterocycles. The van der Waals surface area contributed by atoms with Gasteiger partial charge in [-0.05, 0) is 23.8 Å². The van der Waals surface area contributed by atoms with Gasteiger partial charge in [0.1, 0.15) is 11.4 Å². The number of hydrogen-bond acceptors (Lipinski definition) is 4. The normalized spacial score (nSPS) is 28.5. The van der Waals surface area contributed by atoms with E-state index in [4.69, 9.17) is 0 Å². The van der Waals surface area contributed by atoms with Gasteiger partial charge >= 0.3 is 0 Å². The number of Topliss-reactive ketones (excluding diaryl/α,β-unsaturated/α-hetero) is 1. The van der Waals surface area contributed by atoms with E-state index in [0.717, 1.165) is 11.3 Å². The quantitative estimate of drug-likeness (QED) is 0.598. The first-order chi connectivity index (χ1) is 15.6. The predicted molar refractivity (Wildman–Crippen MR) is 123 cm³/mol. The molecule has 160 valence electrons. The van der Waals surface area contributed by atoms with E-state index in [-0.39, 0.29) is 23.7 Å². The Kier molecular flexibility index (Phi) is 4.49. The van der Waals surface area contributed by atoms with Gasteiger partial charge in [0, 0.05) is 40.4 Å². The summed E-state index contributed by atoms with van der Waals surface area (Å²) < 4.78 is 14.5. The Bertz CT molecular complexity index is 1220. The van der Waals surface area contributed by atoms with Crippen LogP contribution in [0.15, 0.2) is 78.9 Å². The molecule has 1 N–H and O–H groups in total. The third kappa shape index (κ3) is 2.60. The zero-order valence-electron chi connectivity index (χ0n) is 17.2. The molecule has 2 fully saturated rings. The number of ketones is 1. The summed E-state index contributed by atoms with van der Waals surface area (Å²) in [5, 5.41) is 2.97. The van der Waals surface area contributed by atoms with Crippen LogP contribution in [-0.4, -0.2) is 34.3 Å². The van der Waals surface area contributed by atoms with E-state index < -0.39 is 17.3 Å². The third-order valence-corrected chi connectivity index (χ3v) is 8.15. The smallest absolute Gasteiger partial charge is 0.250 e. The Morgan fingerprint density at radius 1 is 1.03 bits per heavy atom. The Hall–Kier alpha value is -2.96. The van der Waals surface area contributed by atoms with Crippen LogP contribution < -0.4 is 5.32 Å². The molecule has 6 rings (SSSR count). The Morgan fingerprint density at radius 3 is 2.50 bits per heavy atom. The number of benzene rings is 3. The number of rotatable bonds is 3. The fourth-order valence-electron chi connectivity index (χ4n) is 5.88. The molecule has 0 bridgehead atoms. The maximum Gasteiger partial charge on any atom is 0.250 e. The fourth-order valence-corrected chi connectivity index (χ4v) is 7.20. The number of amides is 1. The second-order valence-electron chi connectivity index (χ2n) is 8.59. The number of carbonyl (C=O) groups excluding carboxylic acids is 2. The van der Waals surface area contributed by atoms with Crippen LogP contribution in [0.4, 0.5) is 10.1 Å². The highest BCUT2D eigenvalue weighted by molar-refractivity contribution is 7.99. The highest BCUT2D eigenvalue weighted by atomic mass is 32.2. The summed E-state index contributed by atoms with van der Waals surface area (Å²) in [6, 6.07) is 23.5. The number of carbonyl (C=O) groups is 2. The Labute approximate surface area is 189 Å². The van der Waals surface area contributed by atoms with Crippen LogP contribution in [-0.2, 0) is 10.3 Å². The average Bonchev–Trinajstić information content (AvgIpc) is 3.48. The molecule has 0 saturated carbocycles. The molecule has 0 aliphatic carbocycles. The first-order valence-corrected chi connectivity index (χ1v) is 11.9. The minimum atomic E-state index is -1.24. The molecule has 6 heteroatoms. The lowest BCUT2D eigenvalue weighted by Crippen LogP contribution is -2.52. The maximum absolute atomic E-state index is 14.5. The van der Waals surface area contributed by atoms with Crippen molar-refractivity contribution in [1.82, 2.24) is 4.90 Å². The molecule has 3 aliphatic rings. The van der Waals surface area contributed by atoms with Crippen molar-refractivity contribution < 1.29 is 14.0 Å². The van der Waals surface area contributed by atoms with E-state index in [1.165, 1.54) is 12.1 Å². The van der Waals surface area contributed by atoms with Gasteiger partial charge in [-0.2, -0.15) is 0 Å². The topological polar surface area (TPSA) is 49.4 Å². The van der Waals surface area contributed by atoms with Crippen LogP contribution in [0.3, 0.4) is 0 Å². The fraction of sp³-hybridized carbons (Fsp3) is 0.231. The minimum Gasteiger partial charge on any atom is -0.324 e. The van der Waals surface area contributed by atoms with E-state index in [1.54, 1.807) is 30.0 Å². The van der Waals surface area contributed by atoms with Crippen molar-refractivity contribution in [3.8, 4) is 0 Å². The van der Waals surface area contributed by atoms with Gasteiger partial charge in [0.05, 0.1) is 5.92 Å². The van der Waals surface area contributed by atoms with Crippen LogP contribution in [0.2, 0.25) is 0 Å². The number of nitrogens with zero attached hydrogens (tertiary/aromatic N) is 1. The maximum atomic E-state index is 14.5. The van der Waals surface area contributed by atoms with E-state index in [2.05, 4.69) is 10.2 Å². The van der Waals surface area contributed by atoms with Gasteiger partial charge < -0.3 is 5.32 Å². The highest BCUT2D eigenvalue weighted by Gasteiger charge is 2.69. The first kappa shape index (κ1) is 19.7. The second kappa shape index (κ2) is 7.29.